The maximum atomic E-state index is 12.1. The van der Waals surface area contributed by atoms with Gasteiger partial charge in [-0.25, -0.2) is 4.79 Å². The molecule has 1 amide bonds. The molecule has 1 saturated heterocycles. The Kier molecular flexibility index (Phi) is 13.7. The summed E-state index contributed by atoms with van der Waals surface area (Å²) in [5.41, 5.74) is 0. The van der Waals surface area contributed by atoms with E-state index in [2.05, 4.69) is 5.32 Å². The summed E-state index contributed by atoms with van der Waals surface area (Å²) < 4.78 is 44.2. The summed E-state index contributed by atoms with van der Waals surface area (Å²) in [4.78, 5) is 12.1. The van der Waals surface area contributed by atoms with Gasteiger partial charge in [-0.2, -0.15) is 0 Å². The first-order valence-electron chi connectivity index (χ1n) is 10.7. The Balaban J connectivity index is 2.28. The largest absolute Gasteiger partial charge is 0.500 e. The quantitative estimate of drug-likeness (QED) is 0.178. The number of rotatable bonds is 19. The van der Waals surface area contributed by atoms with E-state index in [9.17, 15) is 4.79 Å². The first kappa shape index (κ1) is 27.2. The first-order valence-corrected chi connectivity index (χ1v) is 12.6. The highest BCUT2D eigenvalue weighted by molar-refractivity contribution is 6.60. The van der Waals surface area contributed by atoms with Gasteiger partial charge in [0.2, 0.25) is 5.79 Å². The topological polar surface area (TPSA) is 106 Å². The zero-order valence-electron chi connectivity index (χ0n) is 19.0. The number of epoxide rings is 1. The van der Waals surface area contributed by atoms with Crippen LogP contribution in [0.15, 0.2) is 0 Å². The highest BCUT2D eigenvalue weighted by atomic mass is 28.4. The molecule has 0 aliphatic carbocycles. The van der Waals surface area contributed by atoms with E-state index < -0.39 is 26.8 Å². The fourth-order valence-electron chi connectivity index (χ4n) is 2.81. The second-order valence-corrected chi connectivity index (χ2v) is 9.35. The highest BCUT2D eigenvalue weighted by Crippen LogP contribution is 2.34. The molecule has 11 heteroatoms. The Morgan fingerprint density at radius 1 is 1.07 bits per heavy atom. The number of nitrogens with one attached hydrogen (secondary N) is 1. The van der Waals surface area contributed by atoms with Crippen molar-refractivity contribution in [1.82, 2.24) is 5.32 Å². The van der Waals surface area contributed by atoms with Gasteiger partial charge in [0.1, 0.15) is 6.61 Å². The van der Waals surface area contributed by atoms with Crippen molar-refractivity contribution in [1.29, 1.82) is 0 Å². The van der Waals surface area contributed by atoms with Gasteiger partial charge < -0.3 is 42.3 Å². The van der Waals surface area contributed by atoms with Crippen molar-refractivity contribution in [3.05, 3.63) is 0 Å². The van der Waals surface area contributed by atoms with Crippen molar-refractivity contribution < 1.29 is 41.8 Å². The molecular weight excluding hydrogens is 414 g/mol. The Hall–Kier alpha value is -0.793. The molecule has 1 fully saturated rings. The Morgan fingerprint density at radius 2 is 1.67 bits per heavy atom. The third-order valence-electron chi connectivity index (χ3n) is 4.36. The van der Waals surface area contributed by atoms with Crippen LogP contribution in [0.25, 0.3) is 0 Å². The predicted molar refractivity (Wildman–Crippen MR) is 111 cm³/mol. The van der Waals surface area contributed by atoms with Crippen molar-refractivity contribution in [2.24, 2.45) is 0 Å². The maximum absolute atomic E-state index is 12.1. The van der Waals surface area contributed by atoms with E-state index in [1.807, 2.05) is 20.8 Å². The second kappa shape index (κ2) is 15.1. The molecule has 30 heavy (non-hydrogen) atoms. The van der Waals surface area contributed by atoms with E-state index in [0.29, 0.717) is 71.9 Å². The van der Waals surface area contributed by atoms with Gasteiger partial charge in [-0.1, -0.05) is 0 Å². The Morgan fingerprint density at radius 3 is 2.20 bits per heavy atom. The molecule has 0 aromatic rings. The summed E-state index contributed by atoms with van der Waals surface area (Å²) in [6.07, 6.45) is -0.402. The lowest BCUT2D eigenvalue weighted by molar-refractivity contribution is -0.125. The van der Waals surface area contributed by atoms with Crippen LogP contribution in [0.2, 0.25) is 6.04 Å². The monoisotopic (exact) mass is 453 g/mol. The van der Waals surface area contributed by atoms with E-state index in [1.54, 1.807) is 14.0 Å². The van der Waals surface area contributed by atoms with E-state index in [4.69, 9.17) is 37.0 Å². The SMILES string of the molecule is CCO[Si](CCCNC(=O)OC(C)C1(OCCOCCOC)CO1)(OCC)OCC. The van der Waals surface area contributed by atoms with E-state index in [-0.39, 0.29) is 0 Å². The molecule has 2 atom stereocenters. The summed E-state index contributed by atoms with van der Waals surface area (Å²) >= 11 is 0. The number of methoxy groups -OCH3 is 1. The minimum atomic E-state index is -2.70. The molecule has 0 spiro atoms. The molecular formula is C19H39NO9Si. The number of amides is 1. The molecule has 2 unspecified atom stereocenters. The summed E-state index contributed by atoms with van der Waals surface area (Å²) in [7, 11) is -1.08. The Labute approximate surface area is 181 Å². The van der Waals surface area contributed by atoms with Crippen molar-refractivity contribution in [2.45, 2.75) is 52.1 Å². The average molecular weight is 454 g/mol. The molecule has 1 aliphatic rings. The van der Waals surface area contributed by atoms with Gasteiger partial charge in [0, 0.05) is 39.5 Å². The zero-order chi connectivity index (χ0) is 22.3. The summed E-state index contributed by atoms with van der Waals surface area (Å²) in [5, 5.41) is 2.75. The lowest BCUT2D eigenvalue weighted by atomic mass is 10.2. The van der Waals surface area contributed by atoms with Crippen LogP contribution < -0.4 is 5.32 Å². The third kappa shape index (κ3) is 10.0. The number of carbonyl (C=O) groups excluding carboxylic acids is 1. The molecule has 1 heterocycles. The maximum Gasteiger partial charge on any atom is 0.500 e. The van der Waals surface area contributed by atoms with Crippen LogP contribution in [0, 0.1) is 0 Å². The predicted octanol–water partition coefficient (Wildman–Crippen LogP) is 1.95. The number of alkyl carbamates (subject to hydrolysis) is 1. The van der Waals surface area contributed by atoms with Crippen LogP contribution >= 0.6 is 0 Å². The van der Waals surface area contributed by atoms with Crippen LogP contribution in [-0.2, 0) is 37.0 Å². The highest BCUT2D eigenvalue weighted by Gasteiger charge is 2.53. The number of hydrogen-bond donors (Lipinski definition) is 1. The van der Waals surface area contributed by atoms with Gasteiger partial charge in [0.05, 0.1) is 26.4 Å². The molecule has 1 aliphatic heterocycles. The average Bonchev–Trinajstić information content (AvgIpc) is 3.50. The van der Waals surface area contributed by atoms with Crippen LogP contribution in [0.1, 0.15) is 34.1 Å². The fourth-order valence-corrected chi connectivity index (χ4v) is 5.43. The third-order valence-corrected chi connectivity index (χ3v) is 7.51. The van der Waals surface area contributed by atoms with E-state index in [1.165, 1.54) is 0 Å². The van der Waals surface area contributed by atoms with E-state index >= 15 is 0 Å². The lowest BCUT2D eigenvalue weighted by Crippen LogP contribution is -2.46. The summed E-state index contributed by atoms with van der Waals surface area (Å²) in [6, 6.07) is 0.623. The van der Waals surface area contributed by atoms with Gasteiger partial charge in [-0.15, -0.1) is 0 Å². The van der Waals surface area contributed by atoms with Gasteiger partial charge in [-0.05, 0) is 34.1 Å². The van der Waals surface area contributed by atoms with Crippen molar-refractivity contribution in [3.63, 3.8) is 0 Å². The number of hydrogen-bond acceptors (Lipinski definition) is 9. The van der Waals surface area contributed by atoms with Crippen molar-refractivity contribution >= 4 is 14.9 Å². The minimum Gasteiger partial charge on any atom is -0.441 e. The van der Waals surface area contributed by atoms with Gasteiger partial charge >= 0.3 is 14.9 Å². The second-order valence-electron chi connectivity index (χ2n) is 6.61. The first-order chi connectivity index (χ1) is 14.5. The van der Waals surface area contributed by atoms with Crippen molar-refractivity contribution in [2.75, 3.05) is 66.5 Å². The smallest absolute Gasteiger partial charge is 0.441 e. The molecule has 0 bridgehead atoms. The molecule has 0 saturated carbocycles. The van der Waals surface area contributed by atoms with Crippen molar-refractivity contribution in [3.8, 4) is 0 Å². The molecule has 1 rings (SSSR count). The van der Waals surface area contributed by atoms with Gasteiger partial charge in [0.15, 0.2) is 6.10 Å². The van der Waals surface area contributed by atoms with E-state index in [0.717, 1.165) is 0 Å². The number of ether oxygens (including phenoxy) is 5. The molecule has 1 N–H and O–H groups in total. The fraction of sp³-hybridized carbons (Fsp3) is 0.947. The van der Waals surface area contributed by atoms with Crippen LogP contribution in [-0.4, -0.2) is 93.3 Å². The van der Waals surface area contributed by atoms with Gasteiger partial charge in [-0.3, -0.25) is 0 Å². The van der Waals surface area contributed by atoms with Gasteiger partial charge in [0.25, 0.3) is 0 Å². The lowest BCUT2D eigenvalue weighted by Gasteiger charge is -2.28. The Bertz CT molecular complexity index is 448. The standard InChI is InChI=1S/C19H39NO9Si/c1-6-26-30(27-7-2,28-8-3)15-9-10-20-18(21)29-17(4)19(16-25-19)24-14-13-23-12-11-22-5/h17H,6-16H2,1-5H3,(H,20,21). The zero-order valence-corrected chi connectivity index (χ0v) is 20.0. The molecule has 0 aromatic heterocycles. The normalized spacial score (nSPS) is 19.5. The van der Waals surface area contributed by atoms with Crippen LogP contribution in [0.3, 0.4) is 0 Å². The molecule has 178 valence electrons. The summed E-state index contributed by atoms with van der Waals surface area (Å²) in [6.45, 7) is 11.7. The van der Waals surface area contributed by atoms with Crippen LogP contribution in [0.4, 0.5) is 4.79 Å². The minimum absolute atomic E-state index is 0.345. The van der Waals surface area contributed by atoms with Crippen LogP contribution in [0.5, 0.6) is 0 Å². The molecule has 10 nitrogen and oxygen atoms in total. The summed E-state index contributed by atoms with van der Waals surface area (Å²) in [5.74, 6) is -0.886. The molecule has 0 radical (unpaired) electrons. The number of carbonyl (C=O) groups is 1. The molecule has 0 aromatic carbocycles.